The van der Waals surface area contributed by atoms with Gasteiger partial charge in [-0.25, -0.2) is 9.98 Å². The molecule has 11 heavy (non-hydrogen) atoms. The molecule has 0 saturated carbocycles. The summed E-state index contributed by atoms with van der Waals surface area (Å²) >= 11 is 16.2. The fourth-order valence-corrected chi connectivity index (χ4v) is 1.29. The summed E-state index contributed by atoms with van der Waals surface area (Å²) in [5.41, 5.74) is 0.323. The van der Waals surface area contributed by atoms with Crippen molar-refractivity contribution in [3.63, 3.8) is 0 Å². The van der Waals surface area contributed by atoms with E-state index in [1.165, 1.54) is 6.92 Å². The van der Waals surface area contributed by atoms with Gasteiger partial charge in [-0.3, -0.25) is 0 Å². The van der Waals surface area contributed by atoms with Crippen molar-refractivity contribution < 1.29 is 4.39 Å². The predicted molar refractivity (Wildman–Crippen MR) is 45.7 cm³/mol. The van der Waals surface area contributed by atoms with E-state index in [2.05, 4.69) is 9.98 Å². The van der Waals surface area contributed by atoms with Crippen LogP contribution in [0.25, 0.3) is 0 Å². The molecule has 2 nitrogen and oxygen atoms in total. The van der Waals surface area contributed by atoms with Gasteiger partial charge in [0.25, 0.3) is 0 Å². The standard InChI is InChI=1S/C5H4Cl3FN2/c1-2-3(6)4(7)11-5(8,9)10-2/h3H,1H3. The zero-order valence-electron chi connectivity index (χ0n) is 5.48. The van der Waals surface area contributed by atoms with E-state index in [-0.39, 0.29) is 5.17 Å². The van der Waals surface area contributed by atoms with E-state index in [0.717, 1.165) is 0 Å². The maximum absolute atomic E-state index is 12.8. The molecule has 1 rings (SSSR count). The molecule has 0 aliphatic carbocycles. The summed E-state index contributed by atoms with van der Waals surface area (Å²) < 4.78 is 12.8. The second kappa shape index (κ2) is 2.88. The maximum Gasteiger partial charge on any atom is 0.376 e. The van der Waals surface area contributed by atoms with Crippen molar-refractivity contribution in [2.45, 2.75) is 17.7 Å². The molecular formula is C5H4Cl3FN2. The molecule has 0 amide bonds. The molecule has 0 aromatic rings. The van der Waals surface area contributed by atoms with Crippen LogP contribution in [0.3, 0.4) is 0 Å². The van der Waals surface area contributed by atoms with Crippen LogP contribution in [0.1, 0.15) is 6.92 Å². The highest BCUT2D eigenvalue weighted by molar-refractivity contribution is 6.74. The lowest BCUT2D eigenvalue weighted by atomic mass is 10.3. The summed E-state index contributed by atoms with van der Waals surface area (Å²) in [6, 6.07) is 0. The molecule has 0 radical (unpaired) electrons. The number of halogens is 4. The Balaban J connectivity index is 2.98. The van der Waals surface area contributed by atoms with Gasteiger partial charge in [0.1, 0.15) is 10.5 Å². The molecule has 1 heterocycles. The summed E-state index contributed by atoms with van der Waals surface area (Å²) in [4.78, 5) is 6.56. The fraction of sp³-hybridized carbons (Fsp3) is 0.600. The molecule has 1 aliphatic rings. The largest absolute Gasteiger partial charge is 0.376 e. The molecule has 0 spiro atoms. The number of alkyl halides is 3. The van der Waals surface area contributed by atoms with Gasteiger partial charge in [0.2, 0.25) is 0 Å². The molecule has 1 aliphatic heterocycles. The van der Waals surface area contributed by atoms with E-state index in [4.69, 9.17) is 34.8 Å². The molecule has 2 atom stereocenters. The third-order valence-corrected chi connectivity index (χ3v) is 2.23. The van der Waals surface area contributed by atoms with Crippen molar-refractivity contribution in [3.8, 4) is 0 Å². The van der Waals surface area contributed by atoms with Crippen molar-refractivity contribution >= 4 is 45.7 Å². The number of aliphatic imine (C=N–C) groups is 2. The Morgan fingerprint density at radius 2 is 2.09 bits per heavy atom. The quantitative estimate of drug-likeness (QED) is 0.440. The molecule has 2 unspecified atom stereocenters. The number of rotatable bonds is 0. The van der Waals surface area contributed by atoms with Crippen LogP contribution in [0.2, 0.25) is 0 Å². The maximum atomic E-state index is 12.8. The van der Waals surface area contributed by atoms with Crippen LogP contribution in [0.4, 0.5) is 4.39 Å². The smallest absolute Gasteiger partial charge is 0.218 e. The van der Waals surface area contributed by atoms with Crippen molar-refractivity contribution in [1.29, 1.82) is 0 Å². The second-order valence-electron chi connectivity index (χ2n) is 2.06. The Labute approximate surface area is 78.1 Å². The van der Waals surface area contributed by atoms with Gasteiger partial charge in [-0.05, 0) is 18.5 Å². The van der Waals surface area contributed by atoms with Crippen molar-refractivity contribution in [2.24, 2.45) is 9.98 Å². The lowest BCUT2D eigenvalue weighted by Gasteiger charge is -2.18. The Morgan fingerprint density at radius 1 is 1.55 bits per heavy atom. The van der Waals surface area contributed by atoms with Gasteiger partial charge >= 0.3 is 5.38 Å². The van der Waals surface area contributed by atoms with E-state index >= 15 is 0 Å². The van der Waals surface area contributed by atoms with Crippen LogP contribution < -0.4 is 0 Å². The lowest BCUT2D eigenvalue weighted by Crippen LogP contribution is -2.29. The first kappa shape index (κ1) is 9.23. The number of nitrogens with zero attached hydrogens (tertiary/aromatic N) is 2. The van der Waals surface area contributed by atoms with Gasteiger partial charge in [0.05, 0.1) is 0 Å². The van der Waals surface area contributed by atoms with E-state index in [9.17, 15) is 4.39 Å². The van der Waals surface area contributed by atoms with Gasteiger partial charge in [0.15, 0.2) is 0 Å². The highest BCUT2D eigenvalue weighted by atomic mass is 35.5. The first-order chi connectivity index (χ1) is 4.92. The minimum atomic E-state index is -2.47. The fourth-order valence-electron chi connectivity index (χ4n) is 0.651. The summed E-state index contributed by atoms with van der Waals surface area (Å²) in [5.74, 6) is 0. The Kier molecular flexibility index (Phi) is 2.42. The molecule has 6 heteroatoms. The van der Waals surface area contributed by atoms with Crippen LogP contribution in [0.5, 0.6) is 0 Å². The monoisotopic (exact) mass is 216 g/mol. The normalized spacial score (nSPS) is 38.1. The SMILES string of the molecule is CC1=NC(F)(Cl)N=C(Cl)C1Cl. The molecule has 62 valence electrons. The minimum absolute atomic E-state index is 0.0725. The van der Waals surface area contributed by atoms with Gasteiger partial charge in [-0.1, -0.05) is 11.6 Å². The van der Waals surface area contributed by atoms with Gasteiger partial charge in [0, 0.05) is 5.71 Å². The Morgan fingerprint density at radius 3 is 2.55 bits per heavy atom. The Bertz CT molecular complexity index is 214. The van der Waals surface area contributed by atoms with E-state index < -0.39 is 10.8 Å². The van der Waals surface area contributed by atoms with Gasteiger partial charge < -0.3 is 0 Å². The predicted octanol–water partition coefficient (Wildman–Crippen LogP) is 2.53. The van der Waals surface area contributed by atoms with E-state index in [1.807, 2.05) is 0 Å². The summed E-state index contributed by atoms with van der Waals surface area (Å²) in [7, 11) is 0. The van der Waals surface area contributed by atoms with Crippen molar-refractivity contribution in [3.05, 3.63) is 0 Å². The lowest BCUT2D eigenvalue weighted by molar-refractivity contribution is 0.303. The van der Waals surface area contributed by atoms with Gasteiger partial charge in [-0.15, -0.1) is 11.6 Å². The zero-order valence-corrected chi connectivity index (χ0v) is 7.75. The molecule has 0 fully saturated rings. The summed E-state index contributed by atoms with van der Waals surface area (Å²) in [6.45, 7) is 1.53. The zero-order chi connectivity index (χ0) is 8.65. The third-order valence-electron chi connectivity index (χ3n) is 1.13. The van der Waals surface area contributed by atoms with Crippen LogP contribution in [0.15, 0.2) is 9.98 Å². The number of hydrogen-bond acceptors (Lipinski definition) is 2. The molecule has 0 aromatic heterocycles. The topological polar surface area (TPSA) is 24.7 Å². The second-order valence-corrected chi connectivity index (χ2v) is 3.36. The molecule has 0 saturated heterocycles. The Hall–Kier alpha value is 0.140. The van der Waals surface area contributed by atoms with Crippen LogP contribution in [0, 0.1) is 0 Å². The highest BCUT2D eigenvalue weighted by Crippen LogP contribution is 2.28. The number of hydrogen-bond donors (Lipinski definition) is 0. The van der Waals surface area contributed by atoms with Crippen molar-refractivity contribution in [1.82, 2.24) is 0 Å². The summed E-state index contributed by atoms with van der Waals surface area (Å²) in [6.07, 6.45) is 0. The molecule has 0 bridgehead atoms. The molecular weight excluding hydrogens is 213 g/mol. The molecule has 0 N–H and O–H groups in total. The molecule has 0 aromatic carbocycles. The third kappa shape index (κ3) is 2.04. The summed E-state index contributed by atoms with van der Waals surface area (Å²) in [5, 5.41) is -3.19. The van der Waals surface area contributed by atoms with E-state index in [1.54, 1.807) is 0 Å². The van der Waals surface area contributed by atoms with Crippen LogP contribution in [-0.4, -0.2) is 21.6 Å². The average molecular weight is 217 g/mol. The first-order valence-electron chi connectivity index (χ1n) is 2.76. The highest BCUT2D eigenvalue weighted by Gasteiger charge is 2.32. The van der Waals surface area contributed by atoms with Crippen molar-refractivity contribution in [2.75, 3.05) is 0 Å². The average Bonchev–Trinajstić information content (AvgIpc) is 1.81. The van der Waals surface area contributed by atoms with Crippen LogP contribution in [-0.2, 0) is 0 Å². The van der Waals surface area contributed by atoms with Crippen LogP contribution >= 0.6 is 34.8 Å². The van der Waals surface area contributed by atoms with Gasteiger partial charge in [-0.2, -0.15) is 4.39 Å². The van der Waals surface area contributed by atoms with E-state index in [0.29, 0.717) is 5.71 Å². The first-order valence-corrected chi connectivity index (χ1v) is 3.95. The minimum Gasteiger partial charge on any atom is -0.218 e.